The van der Waals surface area contributed by atoms with Gasteiger partial charge in [0, 0.05) is 5.56 Å². The molecule has 42 heavy (non-hydrogen) atoms. The third-order valence-electron chi connectivity index (χ3n) is 9.14. The molecule has 0 aliphatic heterocycles. The number of benzene rings is 3. The second-order valence-electron chi connectivity index (χ2n) is 11.9. The smallest absolute Gasteiger partial charge is 0.426 e. The fraction of sp³-hybridized carbons (Fsp3) is 0.406. The van der Waals surface area contributed by atoms with Gasteiger partial charge in [0.25, 0.3) is 10.1 Å². The maximum Gasteiger partial charge on any atom is 0.426 e. The molecule has 3 unspecified atom stereocenters. The van der Waals surface area contributed by atoms with Crippen molar-refractivity contribution >= 4 is 27.0 Å². The minimum atomic E-state index is -5.11. The minimum absolute atomic E-state index is 0.0906. The summed E-state index contributed by atoms with van der Waals surface area (Å²) < 4.78 is 77.4. The molecule has 5 nitrogen and oxygen atoms in total. The first-order chi connectivity index (χ1) is 19.9. The summed E-state index contributed by atoms with van der Waals surface area (Å²) in [6.45, 7) is 0. The van der Waals surface area contributed by atoms with E-state index in [1.807, 2.05) is 48.5 Å². The Labute approximate surface area is 246 Å². The molecule has 4 aliphatic carbocycles. The zero-order valence-corrected chi connectivity index (χ0v) is 24.4. The predicted octanol–water partition coefficient (Wildman–Crippen LogP) is 7.05. The van der Waals surface area contributed by atoms with E-state index in [1.54, 1.807) is 0 Å². The van der Waals surface area contributed by atoms with Gasteiger partial charge in [-0.1, -0.05) is 54.6 Å². The quantitative estimate of drug-likeness (QED) is 0.166. The molecule has 7 rings (SSSR count). The lowest BCUT2D eigenvalue weighted by Crippen LogP contribution is -2.55. The summed E-state index contributed by atoms with van der Waals surface area (Å²) >= 11 is 0. The number of hydrogen-bond acceptors (Lipinski definition) is 4. The van der Waals surface area contributed by atoms with Crippen LogP contribution in [0.15, 0.2) is 99.6 Å². The van der Waals surface area contributed by atoms with Crippen LogP contribution in [-0.2, 0) is 30.5 Å². The third-order valence-corrected chi connectivity index (χ3v) is 12.2. The molecular formula is C32H32F3O5S2+. The summed E-state index contributed by atoms with van der Waals surface area (Å²) in [5.41, 5.74) is 0.149. The van der Waals surface area contributed by atoms with E-state index < -0.39 is 39.5 Å². The fourth-order valence-electron chi connectivity index (χ4n) is 7.87. The van der Waals surface area contributed by atoms with E-state index in [0.29, 0.717) is 19.3 Å². The zero-order valence-electron chi connectivity index (χ0n) is 22.7. The van der Waals surface area contributed by atoms with Crippen molar-refractivity contribution in [1.82, 2.24) is 0 Å². The van der Waals surface area contributed by atoms with E-state index in [4.69, 9.17) is 9.29 Å². The van der Waals surface area contributed by atoms with Crippen LogP contribution in [0.3, 0.4) is 0 Å². The van der Waals surface area contributed by atoms with Crippen LogP contribution in [0.2, 0.25) is 0 Å². The Bertz CT molecular complexity index is 1490. The highest BCUT2D eigenvalue weighted by Crippen LogP contribution is 2.66. The molecule has 3 aromatic carbocycles. The van der Waals surface area contributed by atoms with Crippen LogP contribution in [-0.4, -0.2) is 37.0 Å². The van der Waals surface area contributed by atoms with E-state index >= 15 is 0 Å². The molecule has 4 bridgehead atoms. The van der Waals surface area contributed by atoms with Crippen LogP contribution in [0, 0.1) is 23.2 Å². The first-order valence-electron chi connectivity index (χ1n) is 14.1. The van der Waals surface area contributed by atoms with Crippen molar-refractivity contribution in [2.45, 2.75) is 65.0 Å². The summed E-state index contributed by atoms with van der Waals surface area (Å²) in [6.07, 6.45) is -4.98. The van der Waals surface area contributed by atoms with Crippen molar-refractivity contribution in [3.8, 4) is 0 Å². The van der Waals surface area contributed by atoms with Gasteiger partial charge in [0.1, 0.15) is 5.75 Å². The number of alkyl halides is 3. The van der Waals surface area contributed by atoms with E-state index in [0.717, 1.165) is 12.8 Å². The largest absolute Gasteiger partial charge is 0.451 e. The molecule has 222 valence electrons. The number of carbonyl (C=O) groups is 1. The van der Waals surface area contributed by atoms with Crippen LogP contribution in [0.4, 0.5) is 13.2 Å². The first kappa shape index (κ1) is 29.3. The fourth-order valence-corrected chi connectivity index (χ4v) is 10.8. The molecule has 0 spiro atoms. The van der Waals surface area contributed by atoms with E-state index in [1.165, 1.54) is 20.2 Å². The third kappa shape index (κ3) is 5.73. The summed E-state index contributed by atoms with van der Waals surface area (Å²) in [4.78, 5) is 17.0. The highest BCUT2D eigenvalue weighted by Gasteiger charge is 2.61. The number of esters is 1. The van der Waals surface area contributed by atoms with Crippen molar-refractivity contribution in [2.24, 2.45) is 23.2 Å². The molecule has 0 radical (unpaired) electrons. The van der Waals surface area contributed by atoms with Gasteiger partial charge >= 0.3 is 12.1 Å². The Hall–Kier alpha value is -2.82. The van der Waals surface area contributed by atoms with Crippen LogP contribution < -0.4 is 0 Å². The highest BCUT2D eigenvalue weighted by atomic mass is 32.2. The van der Waals surface area contributed by atoms with Gasteiger partial charge in [0.15, 0.2) is 14.7 Å². The van der Waals surface area contributed by atoms with Gasteiger partial charge in [0.05, 0.1) is 16.3 Å². The van der Waals surface area contributed by atoms with Gasteiger partial charge in [-0.3, -0.25) is 9.35 Å². The van der Waals surface area contributed by atoms with Crippen LogP contribution in [0.1, 0.15) is 43.6 Å². The average Bonchev–Trinajstić information content (AvgIpc) is 2.93. The molecule has 4 saturated carbocycles. The van der Waals surface area contributed by atoms with Crippen LogP contribution in [0.25, 0.3) is 0 Å². The van der Waals surface area contributed by atoms with Crippen LogP contribution in [0.5, 0.6) is 0 Å². The number of rotatable bonds is 8. The van der Waals surface area contributed by atoms with Gasteiger partial charge in [0.2, 0.25) is 6.10 Å². The van der Waals surface area contributed by atoms with Crippen molar-refractivity contribution in [2.75, 3.05) is 5.75 Å². The standard InChI is InChI=1S/C32H31F3O5S2/c33-32(34,35)28(20-42(37,38)39)40-30(36)31-17-21-15-22(18-31)29(23(16-21)19-31)26-13-7-8-14-27(26)41(24-9-3-1-4-10-24)25-11-5-2-6-12-25/h1-14,21-23,28-29H,15-20H2/p+1. The second-order valence-corrected chi connectivity index (χ2v) is 15.4. The highest BCUT2D eigenvalue weighted by molar-refractivity contribution is 7.97. The zero-order chi connectivity index (χ0) is 29.7. The Kier molecular flexibility index (Phi) is 7.68. The lowest BCUT2D eigenvalue weighted by molar-refractivity contribution is -0.227. The molecular weight excluding hydrogens is 585 g/mol. The lowest BCUT2D eigenvalue weighted by atomic mass is 9.45. The average molecular weight is 618 g/mol. The molecule has 0 amide bonds. The predicted molar refractivity (Wildman–Crippen MR) is 153 cm³/mol. The molecule has 3 aromatic rings. The SMILES string of the molecule is O=C(OC(CS(=O)(=O)O)C(F)(F)F)C12CC3CC(C1)C(c1ccccc1[S+](c1ccccc1)c1ccccc1)C(C3)C2. The van der Waals surface area contributed by atoms with Gasteiger partial charge < -0.3 is 4.74 Å². The molecule has 0 aromatic heterocycles. The first-order valence-corrected chi connectivity index (χ1v) is 16.9. The Balaban J connectivity index is 1.33. The number of carbonyl (C=O) groups excluding carboxylic acids is 1. The van der Waals surface area contributed by atoms with Crippen LogP contribution >= 0.6 is 0 Å². The molecule has 1 N–H and O–H groups in total. The molecule has 4 aliphatic rings. The number of halogens is 3. The minimum Gasteiger partial charge on any atom is -0.451 e. The lowest BCUT2D eigenvalue weighted by Gasteiger charge is -2.59. The number of hydrogen-bond donors (Lipinski definition) is 1. The van der Waals surface area contributed by atoms with Crippen molar-refractivity contribution in [3.63, 3.8) is 0 Å². The maximum absolute atomic E-state index is 13.6. The topological polar surface area (TPSA) is 80.7 Å². The molecule has 0 heterocycles. The molecule has 10 heteroatoms. The second kappa shape index (κ2) is 11.0. The summed E-state index contributed by atoms with van der Waals surface area (Å²) in [5, 5.41) is 0. The number of ether oxygens (including phenoxy) is 1. The maximum atomic E-state index is 13.6. The molecule has 4 fully saturated rings. The van der Waals surface area contributed by atoms with Gasteiger partial charge in [-0.05, 0) is 86.1 Å². The summed E-state index contributed by atoms with van der Waals surface area (Å²) in [6, 6.07) is 29.1. The van der Waals surface area contributed by atoms with E-state index in [9.17, 15) is 26.4 Å². The van der Waals surface area contributed by atoms with Crippen molar-refractivity contribution < 1.29 is 35.7 Å². The van der Waals surface area contributed by atoms with Gasteiger partial charge in [-0.25, -0.2) is 0 Å². The van der Waals surface area contributed by atoms with Gasteiger partial charge in [-0.15, -0.1) is 0 Å². The molecule has 3 atom stereocenters. The Morgan fingerprint density at radius 2 is 1.40 bits per heavy atom. The van der Waals surface area contributed by atoms with Crippen molar-refractivity contribution in [1.29, 1.82) is 0 Å². The Morgan fingerprint density at radius 1 is 0.881 bits per heavy atom. The Morgan fingerprint density at radius 3 is 1.93 bits per heavy atom. The van der Waals surface area contributed by atoms with Crippen molar-refractivity contribution in [3.05, 3.63) is 90.5 Å². The van der Waals surface area contributed by atoms with E-state index in [-0.39, 0.29) is 34.6 Å². The normalized spacial score (nSPS) is 27.6. The summed E-state index contributed by atoms with van der Waals surface area (Å²) in [7, 11) is -5.39. The summed E-state index contributed by atoms with van der Waals surface area (Å²) in [5.74, 6) is -2.16. The van der Waals surface area contributed by atoms with Gasteiger partial charge in [-0.2, -0.15) is 21.6 Å². The van der Waals surface area contributed by atoms with E-state index in [2.05, 4.69) is 36.4 Å². The monoisotopic (exact) mass is 617 g/mol. The molecule has 0 saturated heterocycles.